The Morgan fingerprint density at radius 1 is 1.25 bits per heavy atom. The number of hydrogen-bond acceptors (Lipinski definition) is 3. The van der Waals surface area contributed by atoms with Crippen LogP contribution in [0.4, 0.5) is 21.5 Å². The number of carbonyl (C=O) groups excluding carboxylic acids is 1. The van der Waals surface area contributed by atoms with Crippen LogP contribution in [0.25, 0.3) is 0 Å². The minimum absolute atomic E-state index is 0.319. The quantitative estimate of drug-likeness (QED) is 0.751. The number of benzene rings is 2. The number of aryl methyl sites for hydroxylation is 1. The molecular weight excluding hydrogens is 325 g/mol. The molecule has 20 heavy (non-hydrogen) atoms. The molecule has 0 bridgehead atoms. The van der Waals surface area contributed by atoms with Crippen molar-refractivity contribution in [2.45, 2.75) is 6.92 Å². The van der Waals surface area contributed by atoms with Gasteiger partial charge in [0.15, 0.2) is 0 Å². The van der Waals surface area contributed by atoms with E-state index in [1.165, 1.54) is 6.07 Å². The number of halogens is 2. The van der Waals surface area contributed by atoms with Crippen molar-refractivity contribution in [2.75, 3.05) is 11.1 Å². The number of carbonyl (C=O) groups is 1. The normalized spacial score (nSPS) is 10.3. The van der Waals surface area contributed by atoms with E-state index in [4.69, 9.17) is 11.5 Å². The Labute approximate surface area is 124 Å². The van der Waals surface area contributed by atoms with Crippen molar-refractivity contribution in [2.24, 2.45) is 5.73 Å². The van der Waals surface area contributed by atoms with Crippen LogP contribution in [0.3, 0.4) is 0 Å². The number of nitrogens with two attached hydrogens (primary N) is 2. The highest BCUT2D eigenvalue weighted by atomic mass is 79.9. The molecule has 0 heterocycles. The summed E-state index contributed by atoms with van der Waals surface area (Å²) in [5, 5.41) is 3.05. The highest BCUT2D eigenvalue weighted by Gasteiger charge is 2.11. The van der Waals surface area contributed by atoms with E-state index in [1.807, 2.05) is 0 Å². The van der Waals surface area contributed by atoms with Crippen LogP contribution in [-0.2, 0) is 0 Å². The summed E-state index contributed by atoms with van der Waals surface area (Å²) >= 11 is 3.12. The lowest BCUT2D eigenvalue weighted by Crippen LogP contribution is -2.13. The number of amides is 1. The van der Waals surface area contributed by atoms with Gasteiger partial charge in [-0.2, -0.15) is 0 Å². The largest absolute Gasteiger partial charge is 0.399 e. The Morgan fingerprint density at radius 3 is 2.60 bits per heavy atom. The minimum Gasteiger partial charge on any atom is -0.399 e. The maximum atomic E-state index is 13.4. The smallest absolute Gasteiger partial charge is 0.250 e. The Hall–Kier alpha value is -2.08. The number of rotatable bonds is 3. The van der Waals surface area contributed by atoms with Crippen molar-refractivity contribution < 1.29 is 9.18 Å². The van der Waals surface area contributed by atoms with E-state index in [9.17, 15) is 9.18 Å². The molecule has 0 aliphatic rings. The molecule has 6 heteroatoms. The van der Waals surface area contributed by atoms with Crippen molar-refractivity contribution in [3.8, 4) is 0 Å². The fourth-order valence-corrected chi connectivity index (χ4v) is 2.15. The van der Waals surface area contributed by atoms with E-state index < -0.39 is 5.91 Å². The molecule has 2 aromatic rings. The van der Waals surface area contributed by atoms with E-state index in [1.54, 1.807) is 31.2 Å². The van der Waals surface area contributed by atoms with Crippen molar-refractivity contribution >= 4 is 38.9 Å². The summed E-state index contributed by atoms with van der Waals surface area (Å²) in [6.07, 6.45) is 0. The van der Waals surface area contributed by atoms with E-state index in [2.05, 4.69) is 21.2 Å². The van der Waals surface area contributed by atoms with Gasteiger partial charge in [0.05, 0.1) is 15.7 Å². The molecule has 0 atom stereocenters. The molecule has 104 valence electrons. The predicted octanol–water partition coefficient (Wildman–Crippen LogP) is 3.32. The van der Waals surface area contributed by atoms with Crippen molar-refractivity contribution in [1.82, 2.24) is 0 Å². The van der Waals surface area contributed by atoms with Crippen molar-refractivity contribution in [3.63, 3.8) is 0 Å². The summed E-state index contributed by atoms with van der Waals surface area (Å²) in [5.41, 5.74) is 13.7. The summed E-state index contributed by atoms with van der Waals surface area (Å²) in [6.45, 7) is 1.76. The molecule has 2 rings (SSSR count). The first-order valence-corrected chi connectivity index (χ1v) is 6.60. The Kier molecular flexibility index (Phi) is 3.94. The number of nitrogens with one attached hydrogen (secondary N) is 1. The molecule has 2 aromatic carbocycles. The highest BCUT2D eigenvalue weighted by molar-refractivity contribution is 9.10. The molecule has 0 radical (unpaired) electrons. The lowest BCUT2D eigenvalue weighted by Gasteiger charge is -2.14. The van der Waals surface area contributed by atoms with Crippen LogP contribution >= 0.6 is 15.9 Å². The number of anilines is 3. The molecule has 4 nitrogen and oxygen atoms in total. The second kappa shape index (κ2) is 5.50. The fraction of sp³-hybridized carbons (Fsp3) is 0.0714. The van der Waals surface area contributed by atoms with Crippen LogP contribution in [0.15, 0.2) is 34.8 Å². The van der Waals surface area contributed by atoms with Crippen LogP contribution in [0.5, 0.6) is 0 Å². The second-order valence-corrected chi connectivity index (χ2v) is 5.23. The Bertz CT molecular complexity index is 688. The topological polar surface area (TPSA) is 81.1 Å². The third kappa shape index (κ3) is 2.91. The van der Waals surface area contributed by atoms with Gasteiger partial charge in [0.1, 0.15) is 5.82 Å². The fourth-order valence-electron chi connectivity index (χ4n) is 1.81. The zero-order valence-corrected chi connectivity index (χ0v) is 12.3. The Balaban J connectivity index is 2.47. The van der Waals surface area contributed by atoms with Gasteiger partial charge in [-0.05, 0) is 58.7 Å². The molecule has 0 fully saturated rings. The highest BCUT2D eigenvalue weighted by Crippen LogP contribution is 2.29. The molecule has 0 aliphatic heterocycles. The van der Waals surface area contributed by atoms with Gasteiger partial charge in [-0.25, -0.2) is 4.39 Å². The zero-order valence-electron chi connectivity index (χ0n) is 10.7. The summed E-state index contributed by atoms with van der Waals surface area (Å²) in [4.78, 5) is 11.4. The molecule has 0 unspecified atom stereocenters. The molecule has 0 saturated carbocycles. The van der Waals surface area contributed by atoms with Gasteiger partial charge in [0.25, 0.3) is 5.91 Å². The number of hydrogen-bond donors (Lipinski definition) is 3. The number of primary amides is 1. The molecule has 5 N–H and O–H groups in total. The van der Waals surface area contributed by atoms with Gasteiger partial charge >= 0.3 is 0 Å². The molecule has 0 saturated heterocycles. The van der Waals surface area contributed by atoms with Gasteiger partial charge < -0.3 is 16.8 Å². The van der Waals surface area contributed by atoms with E-state index in [0.717, 1.165) is 0 Å². The van der Waals surface area contributed by atoms with Gasteiger partial charge in [-0.1, -0.05) is 0 Å². The van der Waals surface area contributed by atoms with E-state index in [-0.39, 0.29) is 5.82 Å². The molecule has 0 aromatic heterocycles. The van der Waals surface area contributed by atoms with Crippen LogP contribution in [-0.4, -0.2) is 5.91 Å². The third-order valence-electron chi connectivity index (χ3n) is 2.85. The first-order chi connectivity index (χ1) is 9.38. The maximum Gasteiger partial charge on any atom is 0.250 e. The summed E-state index contributed by atoms with van der Waals surface area (Å²) in [7, 11) is 0. The Morgan fingerprint density at radius 2 is 1.95 bits per heavy atom. The molecule has 0 aliphatic carbocycles. The van der Waals surface area contributed by atoms with Gasteiger partial charge in [0, 0.05) is 11.4 Å². The van der Waals surface area contributed by atoms with Crippen molar-refractivity contribution in [3.05, 3.63) is 51.7 Å². The average molecular weight is 338 g/mol. The monoisotopic (exact) mass is 337 g/mol. The van der Waals surface area contributed by atoms with Crippen LogP contribution in [0.2, 0.25) is 0 Å². The lowest BCUT2D eigenvalue weighted by atomic mass is 10.1. The van der Waals surface area contributed by atoms with Gasteiger partial charge in [-0.15, -0.1) is 0 Å². The van der Waals surface area contributed by atoms with Crippen molar-refractivity contribution in [1.29, 1.82) is 0 Å². The average Bonchev–Trinajstić information content (AvgIpc) is 2.35. The first-order valence-electron chi connectivity index (χ1n) is 5.80. The molecule has 1 amide bonds. The number of nitrogen functional groups attached to an aromatic ring is 1. The maximum absolute atomic E-state index is 13.4. The van der Waals surface area contributed by atoms with E-state index >= 15 is 0 Å². The van der Waals surface area contributed by atoms with Gasteiger partial charge in [-0.3, -0.25) is 4.79 Å². The van der Waals surface area contributed by atoms with Gasteiger partial charge in [0.2, 0.25) is 0 Å². The van der Waals surface area contributed by atoms with E-state index in [0.29, 0.717) is 32.7 Å². The predicted molar refractivity (Wildman–Crippen MR) is 81.5 cm³/mol. The SMILES string of the molecule is Cc1cc(F)c(Br)cc1Nc1cc(N)ccc1C(N)=O. The first kappa shape index (κ1) is 14.3. The summed E-state index contributed by atoms with van der Waals surface area (Å²) in [6, 6.07) is 7.74. The second-order valence-electron chi connectivity index (χ2n) is 4.38. The third-order valence-corrected chi connectivity index (χ3v) is 3.45. The molecule has 0 spiro atoms. The molecular formula is C14H13BrFN3O. The standard InChI is InChI=1S/C14H13BrFN3O/c1-7-4-11(16)10(15)6-12(7)19-13-5-8(17)2-3-9(13)14(18)20/h2-6,19H,17H2,1H3,(H2,18,20). The van der Waals surface area contributed by atoms with Crippen LogP contribution in [0.1, 0.15) is 15.9 Å². The summed E-state index contributed by atoms with van der Waals surface area (Å²) in [5.74, 6) is -0.915. The van der Waals surface area contributed by atoms with Crippen LogP contribution < -0.4 is 16.8 Å². The van der Waals surface area contributed by atoms with Crippen LogP contribution in [0, 0.1) is 12.7 Å². The summed E-state index contributed by atoms with van der Waals surface area (Å²) < 4.78 is 13.7. The lowest BCUT2D eigenvalue weighted by molar-refractivity contribution is 0.100. The zero-order chi connectivity index (χ0) is 14.9. The minimum atomic E-state index is -0.564.